The molecule has 0 aliphatic carbocycles. The third-order valence-corrected chi connectivity index (χ3v) is 5.02. The van der Waals surface area contributed by atoms with Crippen molar-refractivity contribution in [3.8, 4) is 34.1 Å². The minimum Gasteiger partial charge on any atom is -0.494 e. The second kappa shape index (κ2) is 8.71. The number of rotatable bonds is 7. The summed E-state index contributed by atoms with van der Waals surface area (Å²) in [5.41, 5.74) is 3.58. The number of hydrogen-bond acceptors (Lipinski definition) is 5. The highest BCUT2D eigenvalue weighted by Crippen LogP contribution is 2.36. The number of methoxy groups -OCH3 is 1. The van der Waals surface area contributed by atoms with Crippen LogP contribution in [0.25, 0.3) is 33.7 Å². The van der Waals surface area contributed by atoms with Crippen molar-refractivity contribution in [1.29, 1.82) is 0 Å². The Balaban J connectivity index is 2.06. The van der Waals surface area contributed by atoms with Crippen molar-refractivity contribution in [3.05, 3.63) is 54.0 Å². The maximum Gasteiger partial charge on any atom is 0.175 e. The van der Waals surface area contributed by atoms with E-state index in [9.17, 15) is 0 Å². The lowest BCUT2D eigenvalue weighted by atomic mass is 10.1. The Morgan fingerprint density at radius 2 is 1.90 bits per heavy atom. The van der Waals surface area contributed by atoms with Crippen molar-refractivity contribution in [2.45, 2.75) is 26.7 Å². The van der Waals surface area contributed by atoms with E-state index in [2.05, 4.69) is 18.1 Å². The molecule has 7 heteroatoms. The van der Waals surface area contributed by atoms with Gasteiger partial charge in [-0.1, -0.05) is 25.5 Å². The van der Waals surface area contributed by atoms with Gasteiger partial charge in [0.2, 0.25) is 0 Å². The van der Waals surface area contributed by atoms with Gasteiger partial charge in [-0.05, 0) is 43.7 Å². The van der Waals surface area contributed by atoms with E-state index in [0.29, 0.717) is 34.9 Å². The van der Waals surface area contributed by atoms with Crippen LogP contribution in [0.1, 0.15) is 26.0 Å². The standard InChI is InChI=1S/C24H24FN4O2/c1-5-10-17-22-23(29(3)28-17)21(16-12-9-14-19(30-4)20(16)25)26-24(27-22)15-11-7-8-13-18(15)31-6-2/h7-9,11,13-14H,5-6,10H2,1-4H3. The maximum absolute atomic E-state index is 15.2. The van der Waals surface area contributed by atoms with Crippen molar-refractivity contribution < 1.29 is 13.9 Å². The van der Waals surface area contributed by atoms with Crippen LogP contribution in [0.5, 0.6) is 11.5 Å². The zero-order valence-corrected chi connectivity index (χ0v) is 18.1. The summed E-state index contributed by atoms with van der Waals surface area (Å²) >= 11 is 0. The molecule has 0 atom stereocenters. The molecule has 1 radical (unpaired) electrons. The third-order valence-electron chi connectivity index (χ3n) is 5.02. The minimum absolute atomic E-state index is 0.132. The lowest BCUT2D eigenvalue weighted by Crippen LogP contribution is -2.02. The van der Waals surface area contributed by atoms with Gasteiger partial charge in [-0.15, -0.1) is 0 Å². The molecule has 0 aliphatic rings. The van der Waals surface area contributed by atoms with E-state index >= 15 is 4.39 Å². The van der Waals surface area contributed by atoms with E-state index in [1.165, 1.54) is 13.2 Å². The molecule has 0 N–H and O–H groups in total. The summed E-state index contributed by atoms with van der Waals surface area (Å²) < 4.78 is 27.9. The van der Waals surface area contributed by atoms with E-state index in [4.69, 9.17) is 19.4 Å². The van der Waals surface area contributed by atoms with Crippen LogP contribution in [-0.2, 0) is 13.5 Å². The Bertz CT molecular complexity index is 1240. The normalized spacial score (nSPS) is 11.1. The number of para-hydroxylation sites is 1. The molecule has 0 amide bonds. The Morgan fingerprint density at radius 1 is 1.10 bits per heavy atom. The third kappa shape index (κ3) is 3.71. The molecule has 2 aromatic carbocycles. The first-order valence-corrected chi connectivity index (χ1v) is 10.3. The number of halogens is 1. The van der Waals surface area contributed by atoms with E-state index in [-0.39, 0.29) is 11.3 Å². The highest BCUT2D eigenvalue weighted by atomic mass is 19.1. The Kier molecular flexibility index (Phi) is 5.84. The van der Waals surface area contributed by atoms with Gasteiger partial charge in [-0.2, -0.15) is 5.10 Å². The molecule has 0 aliphatic heterocycles. The predicted molar refractivity (Wildman–Crippen MR) is 118 cm³/mol. The average Bonchev–Trinajstić information content (AvgIpc) is 3.10. The van der Waals surface area contributed by atoms with Crippen LogP contribution in [0, 0.1) is 11.9 Å². The maximum atomic E-state index is 15.2. The number of ether oxygens (including phenoxy) is 2. The van der Waals surface area contributed by atoms with Crippen LogP contribution in [-0.4, -0.2) is 33.5 Å². The monoisotopic (exact) mass is 419 g/mol. The van der Waals surface area contributed by atoms with Gasteiger partial charge >= 0.3 is 0 Å². The van der Waals surface area contributed by atoms with Crippen molar-refractivity contribution in [2.24, 2.45) is 7.05 Å². The summed E-state index contributed by atoms with van der Waals surface area (Å²) in [5.74, 6) is 0.735. The molecule has 2 aromatic heterocycles. The van der Waals surface area contributed by atoms with Gasteiger partial charge < -0.3 is 9.47 Å². The topological polar surface area (TPSA) is 62.1 Å². The smallest absolute Gasteiger partial charge is 0.175 e. The van der Waals surface area contributed by atoms with E-state index in [1.807, 2.05) is 38.2 Å². The number of hydrogen-bond donors (Lipinski definition) is 0. The molecular weight excluding hydrogens is 395 g/mol. The van der Waals surface area contributed by atoms with Crippen LogP contribution in [0.3, 0.4) is 0 Å². The van der Waals surface area contributed by atoms with Gasteiger partial charge in [0.25, 0.3) is 0 Å². The molecule has 2 heterocycles. The average molecular weight is 419 g/mol. The highest BCUT2D eigenvalue weighted by Gasteiger charge is 2.23. The summed E-state index contributed by atoms with van der Waals surface area (Å²) in [6.07, 6.45) is 1.67. The van der Waals surface area contributed by atoms with Crippen molar-refractivity contribution in [3.63, 3.8) is 0 Å². The summed E-state index contributed by atoms with van der Waals surface area (Å²) in [6, 6.07) is 13.7. The molecule has 4 aromatic rings. The van der Waals surface area contributed by atoms with E-state index < -0.39 is 5.82 Å². The molecule has 0 unspecified atom stereocenters. The van der Waals surface area contributed by atoms with Gasteiger partial charge in [-0.25, -0.2) is 14.4 Å². The number of aromatic nitrogens is 4. The minimum atomic E-state index is -0.521. The fraction of sp³-hybridized carbons (Fsp3) is 0.292. The first-order chi connectivity index (χ1) is 15.1. The van der Waals surface area contributed by atoms with Gasteiger partial charge in [0.1, 0.15) is 22.5 Å². The number of aryl methyl sites for hydroxylation is 2. The summed E-state index contributed by atoms with van der Waals surface area (Å²) in [5, 5.41) is 4.65. The Labute approximate surface area is 180 Å². The van der Waals surface area contributed by atoms with Gasteiger partial charge in [0, 0.05) is 7.05 Å². The SMILES string of the molecule is CCCc1nn(C)c2c(-c3[c]ccc(OC)c3F)nc(-c3ccccc3OCC)nc12. The number of benzene rings is 2. The zero-order valence-electron chi connectivity index (χ0n) is 18.1. The lowest BCUT2D eigenvalue weighted by Gasteiger charge is -2.12. The fourth-order valence-electron chi connectivity index (χ4n) is 3.66. The highest BCUT2D eigenvalue weighted by molar-refractivity contribution is 5.93. The first-order valence-electron chi connectivity index (χ1n) is 10.3. The second-order valence-electron chi connectivity index (χ2n) is 7.08. The largest absolute Gasteiger partial charge is 0.494 e. The molecule has 159 valence electrons. The Morgan fingerprint density at radius 3 is 2.65 bits per heavy atom. The van der Waals surface area contributed by atoms with Crippen molar-refractivity contribution in [2.75, 3.05) is 13.7 Å². The molecule has 0 bridgehead atoms. The van der Waals surface area contributed by atoms with E-state index in [0.717, 1.165) is 24.1 Å². The number of fused-ring (bicyclic) bond motifs is 1. The van der Waals surface area contributed by atoms with Crippen LogP contribution in [0.15, 0.2) is 36.4 Å². The van der Waals surface area contributed by atoms with Gasteiger partial charge in [0.05, 0.1) is 30.5 Å². The molecular formula is C24H24FN4O2. The molecule has 31 heavy (non-hydrogen) atoms. The summed E-state index contributed by atoms with van der Waals surface area (Å²) in [6.45, 7) is 4.52. The Hall–Kier alpha value is -3.48. The van der Waals surface area contributed by atoms with Gasteiger partial charge in [0.15, 0.2) is 17.4 Å². The second-order valence-corrected chi connectivity index (χ2v) is 7.08. The van der Waals surface area contributed by atoms with Crippen molar-refractivity contribution >= 4 is 11.0 Å². The zero-order chi connectivity index (χ0) is 22.0. The fourth-order valence-corrected chi connectivity index (χ4v) is 3.66. The van der Waals surface area contributed by atoms with Gasteiger partial charge in [-0.3, -0.25) is 4.68 Å². The summed E-state index contributed by atoms with van der Waals surface area (Å²) in [7, 11) is 3.26. The van der Waals surface area contributed by atoms with E-state index in [1.54, 1.807) is 10.7 Å². The lowest BCUT2D eigenvalue weighted by molar-refractivity contribution is 0.341. The molecule has 4 rings (SSSR count). The summed E-state index contributed by atoms with van der Waals surface area (Å²) in [4.78, 5) is 9.62. The number of nitrogens with zero attached hydrogens (tertiary/aromatic N) is 4. The van der Waals surface area contributed by atoms with Crippen LogP contribution in [0.2, 0.25) is 0 Å². The molecule has 0 saturated heterocycles. The van der Waals surface area contributed by atoms with Crippen molar-refractivity contribution in [1.82, 2.24) is 19.7 Å². The van der Waals surface area contributed by atoms with Crippen LogP contribution in [0.4, 0.5) is 4.39 Å². The predicted octanol–water partition coefficient (Wildman–Crippen LogP) is 5.00. The van der Waals surface area contributed by atoms with Crippen LogP contribution >= 0.6 is 0 Å². The molecule has 6 nitrogen and oxygen atoms in total. The molecule has 0 fully saturated rings. The molecule has 0 spiro atoms. The quantitative estimate of drug-likeness (QED) is 0.422. The molecule has 0 saturated carbocycles. The van der Waals surface area contributed by atoms with Crippen LogP contribution < -0.4 is 9.47 Å². The first kappa shape index (κ1) is 20.8.